The molecule has 1 aromatic heterocycles. The number of carbonyl (C=O) groups is 1. The summed E-state index contributed by atoms with van der Waals surface area (Å²) in [5.41, 5.74) is -1.26. The highest BCUT2D eigenvalue weighted by atomic mass is 35.5. The van der Waals surface area contributed by atoms with Gasteiger partial charge in [0.1, 0.15) is 16.4 Å². The second-order valence-corrected chi connectivity index (χ2v) is 5.28. The molecule has 0 bridgehead atoms. The molecular weight excluding hydrogens is 323 g/mol. The largest absolute Gasteiger partial charge is 0.478 e. The number of aromatic nitrogens is 1. The van der Waals surface area contributed by atoms with Crippen LogP contribution in [0.1, 0.15) is 10.4 Å². The molecule has 108 valence electrons. The molecule has 0 saturated carbocycles. The molecule has 0 spiro atoms. The number of aromatic carboxylic acids is 1. The number of hydrogen-bond acceptors (Lipinski definition) is 5. The number of halogens is 2. The summed E-state index contributed by atoms with van der Waals surface area (Å²) in [5, 5.41) is 20.5. The van der Waals surface area contributed by atoms with Gasteiger partial charge in [0.2, 0.25) is 0 Å². The first-order chi connectivity index (χ1) is 9.88. The first kappa shape index (κ1) is 15.2. The summed E-state index contributed by atoms with van der Waals surface area (Å²) in [4.78, 5) is 24.9. The fraction of sp³-hybridized carbons (Fsp3) is 0. The Kier molecular flexibility index (Phi) is 4.39. The standard InChI is InChI=1S/C12H6ClFN2O4S/c13-6-1-2-11(15-5-6)21-10-4-8(14)7(12(17)18)3-9(10)16(19)20/h1-5H,(H,17,18). The van der Waals surface area contributed by atoms with Crippen LogP contribution in [-0.2, 0) is 0 Å². The lowest BCUT2D eigenvalue weighted by molar-refractivity contribution is -0.387. The number of benzene rings is 1. The molecule has 1 aromatic carbocycles. The quantitative estimate of drug-likeness (QED) is 0.680. The maximum absolute atomic E-state index is 13.7. The number of carboxylic acids is 1. The third kappa shape index (κ3) is 3.47. The van der Waals surface area contributed by atoms with Gasteiger partial charge in [-0.3, -0.25) is 10.1 Å². The number of hydrogen-bond donors (Lipinski definition) is 1. The molecule has 1 heterocycles. The number of nitrogens with zero attached hydrogens (tertiary/aromatic N) is 2. The molecule has 0 aliphatic rings. The smallest absolute Gasteiger partial charge is 0.338 e. The summed E-state index contributed by atoms with van der Waals surface area (Å²) in [7, 11) is 0. The number of rotatable bonds is 4. The van der Waals surface area contributed by atoms with Gasteiger partial charge in [-0.1, -0.05) is 23.4 Å². The second kappa shape index (κ2) is 6.06. The predicted molar refractivity (Wildman–Crippen MR) is 73.4 cm³/mol. The fourth-order valence-electron chi connectivity index (χ4n) is 1.47. The van der Waals surface area contributed by atoms with Crippen LogP contribution in [0, 0.1) is 15.9 Å². The van der Waals surface area contributed by atoms with Crippen molar-refractivity contribution in [2.24, 2.45) is 0 Å². The Labute approximate surface area is 126 Å². The molecule has 2 rings (SSSR count). The van der Waals surface area contributed by atoms with Crippen molar-refractivity contribution in [1.82, 2.24) is 4.98 Å². The Bertz CT molecular complexity index is 724. The van der Waals surface area contributed by atoms with E-state index in [4.69, 9.17) is 16.7 Å². The van der Waals surface area contributed by atoms with E-state index in [0.717, 1.165) is 17.8 Å². The number of nitro benzene ring substituents is 1. The van der Waals surface area contributed by atoms with Gasteiger partial charge in [-0.05, 0) is 18.2 Å². The third-order valence-electron chi connectivity index (χ3n) is 2.39. The molecule has 0 amide bonds. The molecule has 0 unspecified atom stereocenters. The molecule has 9 heteroatoms. The molecule has 21 heavy (non-hydrogen) atoms. The summed E-state index contributed by atoms with van der Waals surface area (Å²) >= 11 is 6.51. The minimum Gasteiger partial charge on any atom is -0.478 e. The molecule has 0 aliphatic carbocycles. The first-order valence-corrected chi connectivity index (χ1v) is 6.58. The van der Waals surface area contributed by atoms with Crippen LogP contribution in [0.25, 0.3) is 0 Å². The molecule has 0 saturated heterocycles. The number of nitro groups is 1. The number of carboxylic acid groups (broad SMARTS) is 1. The minimum atomic E-state index is -1.57. The zero-order valence-electron chi connectivity index (χ0n) is 10.1. The van der Waals surface area contributed by atoms with Crippen molar-refractivity contribution in [1.29, 1.82) is 0 Å². The predicted octanol–water partition coefficient (Wildman–Crippen LogP) is 3.63. The van der Waals surface area contributed by atoms with Crippen LogP contribution in [-0.4, -0.2) is 21.0 Å². The molecule has 0 fully saturated rings. The summed E-state index contributed by atoms with van der Waals surface area (Å²) in [5.74, 6) is -2.62. The number of pyridine rings is 1. The topological polar surface area (TPSA) is 93.3 Å². The Morgan fingerprint density at radius 2 is 2.14 bits per heavy atom. The van der Waals surface area contributed by atoms with E-state index in [1.165, 1.54) is 18.3 Å². The Hall–Kier alpha value is -2.19. The lowest BCUT2D eigenvalue weighted by atomic mass is 10.2. The van der Waals surface area contributed by atoms with Crippen LogP contribution < -0.4 is 0 Å². The zero-order chi connectivity index (χ0) is 15.6. The normalized spacial score (nSPS) is 10.4. The van der Waals surface area contributed by atoms with Crippen LogP contribution >= 0.6 is 23.4 Å². The summed E-state index contributed by atoms with van der Waals surface area (Å²) in [6.07, 6.45) is 1.34. The van der Waals surface area contributed by atoms with Crippen LogP contribution in [0.5, 0.6) is 0 Å². The van der Waals surface area contributed by atoms with Gasteiger partial charge in [0.05, 0.1) is 14.8 Å². The van der Waals surface area contributed by atoms with Crippen LogP contribution in [0.15, 0.2) is 40.4 Å². The Morgan fingerprint density at radius 1 is 1.43 bits per heavy atom. The van der Waals surface area contributed by atoms with E-state index >= 15 is 0 Å². The zero-order valence-corrected chi connectivity index (χ0v) is 11.7. The van der Waals surface area contributed by atoms with Gasteiger partial charge in [0.15, 0.2) is 0 Å². The molecular formula is C12H6ClFN2O4S. The third-order valence-corrected chi connectivity index (χ3v) is 3.61. The molecule has 0 atom stereocenters. The molecule has 6 nitrogen and oxygen atoms in total. The lowest BCUT2D eigenvalue weighted by Crippen LogP contribution is -2.03. The lowest BCUT2D eigenvalue weighted by Gasteiger charge is -2.05. The van der Waals surface area contributed by atoms with Crippen molar-refractivity contribution in [3.63, 3.8) is 0 Å². The van der Waals surface area contributed by atoms with Gasteiger partial charge < -0.3 is 5.11 Å². The highest BCUT2D eigenvalue weighted by Gasteiger charge is 2.22. The molecule has 2 aromatic rings. The SMILES string of the molecule is O=C(O)c1cc([N+](=O)[O-])c(Sc2ccc(Cl)cn2)cc1F. The van der Waals surface area contributed by atoms with Crippen LogP contribution in [0.2, 0.25) is 5.02 Å². The van der Waals surface area contributed by atoms with Gasteiger partial charge >= 0.3 is 5.97 Å². The first-order valence-electron chi connectivity index (χ1n) is 5.39. The Morgan fingerprint density at radius 3 is 2.67 bits per heavy atom. The monoisotopic (exact) mass is 328 g/mol. The van der Waals surface area contributed by atoms with Crippen LogP contribution in [0.3, 0.4) is 0 Å². The second-order valence-electron chi connectivity index (χ2n) is 3.78. The van der Waals surface area contributed by atoms with E-state index in [9.17, 15) is 19.3 Å². The van der Waals surface area contributed by atoms with Crippen molar-refractivity contribution >= 4 is 35.0 Å². The summed E-state index contributed by atoms with van der Waals surface area (Å²) in [6, 6.07) is 4.54. The van der Waals surface area contributed by atoms with Gasteiger partial charge in [0.25, 0.3) is 5.69 Å². The summed E-state index contributed by atoms with van der Waals surface area (Å²) in [6.45, 7) is 0. The minimum absolute atomic E-state index is 0.0441. The molecule has 0 radical (unpaired) electrons. The maximum atomic E-state index is 13.7. The van der Waals surface area contributed by atoms with Crippen molar-refractivity contribution in [3.05, 3.63) is 57.0 Å². The fourth-order valence-corrected chi connectivity index (χ4v) is 2.45. The van der Waals surface area contributed by atoms with Crippen LogP contribution in [0.4, 0.5) is 10.1 Å². The van der Waals surface area contributed by atoms with E-state index in [2.05, 4.69) is 4.98 Å². The van der Waals surface area contributed by atoms with E-state index < -0.39 is 28.0 Å². The molecule has 1 N–H and O–H groups in total. The van der Waals surface area contributed by atoms with Gasteiger partial charge in [0, 0.05) is 12.3 Å². The Balaban J connectivity index is 2.47. The average molecular weight is 329 g/mol. The van der Waals surface area contributed by atoms with Crippen molar-refractivity contribution in [2.45, 2.75) is 9.92 Å². The van der Waals surface area contributed by atoms with Crippen molar-refractivity contribution in [2.75, 3.05) is 0 Å². The van der Waals surface area contributed by atoms with Crippen molar-refractivity contribution in [3.8, 4) is 0 Å². The summed E-state index contributed by atoms with van der Waals surface area (Å²) < 4.78 is 13.7. The highest BCUT2D eigenvalue weighted by molar-refractivity contribution is 7.99. The van der Waals surface area contributed by atoms with E-state index in [0.29, 0.717) is 16.1 Å². The van der Waals surface area contributed by atoms with E-state index in [-0.39, 0.29) is 4.90 Å². The van der Waals surface area contributed by atoms with Gasteiger partial charge in [-0.2, -0.15) is 0 Å². The van der Waals surface area contributed by atoms with E-state index in [1.807, 2.05) is 0 Å². The highest BCUT2D eigenvalue weighted by Crippen LogP contribution is 2.35. The van der Waals surface area contributed by atoms with Crippen molar-refractivity contribution < 1.29 is 19.2 Å². The maximum Gasteiger partial charge on any atom is 0.338 e. The average Bonchev–Trinajstić information content (AvgIpc) is 2.40. The van der Waals surface area contributed by atoms with Gasteiger partial charge in [-0.15, -0.1) is 0 Å². The molecule has 0 aliphatic heterocycles. The van der Waals surface area contributed by atoms with Gasteiger partial charge in [-0.25, -0.2) is 14.2 Å². The van der Waals surface area contributed by atoms with E-state index in [1.54, 1.807) is 0 Å².